The highest BCUT2D eigenvalue weighted by molar-refractivity contribution is 5.86. The summed E-state index contributed by atoms with van der Waals surface area (Å²) >= 11 is 0. The maximum absolute atomic E-state index is 4.38. The van der Waals surface area contributed by atoms with Crippen LogP contribution in [0.5, 0.6) is 0 Å². The lowest BCUT2D eigenvalue weighted by molar-refractivity contribution is 0.214. The normalized spacial score (nSPS) is 18.5. The van der Waals surface area contributed by atoms with Crippen molar-refractivity contribution in [2.24, 2.45) is 0 Å². The fraction of sp³-hybridized carbons (Fsp3) is 0.615. The third kappa shape index (κ3) is 7.33. The zero-order valence-corrected chi connectivity index (χ0v) is 13.7. The first kappa shape index (κ1) is 21.2. The zero-order chi connectivity index (χ0) is 11.2. The molecule has 2 rings (SSSR count). The molecule has 1 aromatic rings. The van der Waals surface area contributed by atoms with Gasteiger partial charge in [-0.3, -0.25) is 9.88 Å². The third-order valence-corrected chi connectivity index (χ3v) is 3.31. The molecule has 0 aliphatic carbocycles. The molecule has 0 spiro atoms. The van der Waals surface area contributed by atoms with Crippen LogP contribution in [0, 0.1) is 0 Å². The van der Waals surface area contributed by atoms with E-state index in [1.807, 2.05) is 12.3 Å². The van der Waals surface area contributed by atoms with Crippen LogP contribution in [0.4, 0.5) is 0 Å². The van der Waals surface area contributed by atoms with E-state index in [-0.39, 0.29) is 37.2 Å². The van der Waals surface area contributed by atoms with Gasteiger partial charge in [0.15, 0.2) is 0 Å². The lowest BCUT2D eigenvalue weighted by atomic mass is 10.1. The standard InChI is InChI=1S/C13H21N3.3ClH/c1-16(11-12-5-2-3-9-15-12)13-6-4-8-14-10-7-13;;;/h2-3,5,9,13-14H,4,6-8,10-11H2,1H3;3*1H. The molecule has 1 aliphatic heterocycles. The molecular weight excluding hydrogens is 305 g/mol. The van der Waals surface area contributed by atoms with Gasteiger partial charge in [-0.2, -0.15) is 0 Å². The summed E-state index contributed by atoms with van der Waals surface area (Å²) in [6, 6.07) is 6.84. The van der Waals surface area contributed by atoms with Crippen molar-refractivity contribution in [1.82, 2.24) is 15.2 Å². The second-order valence-electron chi connectivity index (χ2n) is 4.57. The van der Waals surface area contributed by atoms with E-state index in [9.17, 15) is 0 Å². The van der Waals surface area contributed by atoms with Crippen LogP contribution in [0.2, 0.25) is 0 Å². The van der Waals surface area contributed by atoms with Crippen LogP contribution in [0.1, 0.15) is 25.0 Å². The summed E-state index contributed by atoms with van der Waals surface area (Å²) in [6.45, 7) is 3.29. The first-order valence-electron chi connectivity index (χ1n) is 6.17. The number of pyridine rings is 1. The predicted molar refractivity (Wildman–Crippen MR) is 88.0 cm³/mol. The van der Waals surface area contributed by atoms with Gasteiger partial charge in [-0.05, 0) is 51.5 Å². The Labute approximate surface area is 134 Å². The molecule has 1 fully saturated rings. The van der Waals surface area contributed by atoms with E-state index in [1.165, 1.54) is 31.5 Å². The molecule has 0 radical (unpaired) electrons. The summed E-state index contributed by atoms with van der Waals surface area (Å²) in [6.07, 6.45) is 5.72. The molecule has 19 heavy (non-hydrogen) atoms. The molecule has 3 nitrogen and oxygen atoms in total. The Morgan fingerprint density at radius 3 is 2.68 bits per heavy atom. The highest BCUT2D eigenvalue weighted by Crippen LogP contribution is 2.13. The molecule has 112 valence electrons. The minimum Gasteiger partial charge on any atom is -0.317 e. The van der Waals surface area contributed by atoms with Gasteiger partial charge < -0.3 is 5.32 Å². The van der Waals surface area contributed by atoms with Crippen molar-refractivity contribution in [2.75, 3.05) is 20.1 Å². The van der Waals surface area contributed by atoms with E-state index < -0.39 is 0 Å². The fourth-order valence-corrected chi connectivity index (χ4v) is 2.32. The number of hydrogen-bond acceptors (Lipinski definition) is 3. The van der Waals surface area contributed by atoms with Crippen molar-refractivity contribution in [3.8, 4) is 0 Å². The van der Waals surface area contributed by atoms with Gasteiger partial charge in [0.05, 0.1) is 5.69 Å². The van der Waals surface area contributed by atoms with E-state index in [1.54, 1.807) is 0 Å². The summed E-state index contributed by atoms with van der Waals surface area (Å²) in [5.74, 6) is 0. The summed E-state index contributed by atoms with van der Waals surface area (Å²) in [5, 5.41) is 3.45. The zero-order valence-electron chi connectivity index (χ0n) is 11.2. The second kappa shape index (κ2) is 11.7. The lowest BCUT2D eigenvalue weighted by Gasteiger charge is -2.26. The second-order valence-corrected chi connectivity index (χ2v) is 4.57. The van der Waals surface area contributed by atoms with Crippen LogP contribution in [-0.4, -0.2) is 36.1 Å². The summed E-state index contributed by atoms with van der Waals surface area (Å²) < 4.78 is 0. The van der Waals surface area contributed by atoms with E-state index in [2.05, 4.69) is 34.4 Å². The van der Waals surface area contributed by atoms with Crippen molar-refractivity contribution in [3.63, 3.8) is 0 Å². The third-order valence-electron chi connectivity index (χ3n) is 3.31. The van der Waals surface area contributed by atoms with Gasteiger partial charge in [0.25, 0.3) is 0 Å². The van der Waals surface area contributed by atoms with Gasteiger partial charge in [-0.1, -0.05) is 6.07 Å². The Balaban J connectivity index is 0. The molecule has 1 aliphatic rings. The minimum absolute atomic E-state index is 0. The van der Waals surface area contributed by atoms with Gasteiger partial charge in [0.1, 0.15) is 0 Å². The lowest BCUT2D eigenvalue weighted by Crippen LogP contribution is -2.32. The average Bonchev–Trinajstić information content (AvgIpc) is 2.59. The Hall–Kier alpha value is -0.0600. The molecule has 1 aromatic heterocycles. The van der Waals surface area contributed by atoms with Gasteiger partial charge in [0, 0.05) is 18.8 Å². The Morgan fingerprint density at radius 2 is 2.00 bits per heavy atom. The molecule has 1 unspecified atom stereocenters. The van der Waals surface area contributed by atoms with Gasteiger partial charge in [-0.25, -0.2) is 0 Å². The van der Waals surface area contributed by atoms with Crippen molar-refractivity contribution in [1.29, 1.82) is 0 Å². The number of aromatic nitrogens is 1. The van der Waals surface area contributed by atoms with Crippen LogP contribution in [-0.2, 0) is 6.54 Å². The van der Waals surface area contributed by atoms with Crippen LogP contribution < -0.4 is 5.32 Å². The Morgan fingerprint density at radius 1 is 1.21 bits per heavy atom. The fourth-order valence-electron chi connectivity index (χ4n) is 2.32. The smallest absolute Gasteiger partial charge is 0.0543 e. The monoisotopic (exact) mass is 327 g/mol. The molecular formula is C13H24Cl3N3. The molecule has 0 saturated carbocycles. The molecule has 0 amide bonds. The Bertz CT molecular complexity index is 303. The topological polar surface area (TPSA) is 28.2 Å². The number of halogens is 3. The van der Waals surface area contributed by atoms with E-state index in [4.69, 9.17) is 0 Å². The van der Waals surface area contributed by atoms with Gasteiger partial charge >= 0.3 is 0 Å². The molecule has 1 atom stereocenters. The maximum Gasteiger partial charge on any atom is 0.0543 e. The van der Waals surface area contributed by atoms with Crippen LogP contribution in [0.15, 0.2) is 24.4 Å². The average molecular weight is 329 g/mol. The van der Waals surface area contributed by atoms with E-state index in [0.717, 1.165) is 13.1 Å². The van der Waals surface area contributed by atoms with Gasteiger partial charge in [-0.15, -0.1) is 37.2 Å². The van der Waals surface area contributed by atoms with Crippen LogP contribution in [0.3, 0.4) is 0 Å². The summed E-state index contributed by atoms with van der Waals surface area (Å²) in [4.78, 5) is 6.82. The predicted octanol–water partition coefficient (Wildman–Crippen LogP) is 2.92. The largest absolute Gasteiger partial charge is 0.317 e. The summed E-state index contributed by atoms with van der Waals surface area (Å²) in [7, 11) is 2.21. The number of nitrogens with one attached hydrogen (secondary N) is 1. The molecule has 1 saturated heterocycles. The molecule has 0 bridgehead atoms. The minimum atomic E-state index is 0. The SMILES string of the molecule is CN(Cc1ccccn1)C1CCCNCC1.Cl.Cl.Cl. The van der Waals surface area contributed by atoms with Crippen LogP contribution in [0.25, 0.3) is 0 Å². The number of rotatable bonds is 3. The first-order chi connectivity index (χ1) is 7.86. The van der Waals surface area contributed by atoms with Gasteiger partial charge in [0.2, 0.25) is 0 Å². The van der Waals surface area contributed by atoms with Crippen molar-refractivity contribution in [3.05, 3.63) is 30.1 Å². The molecule has 0 aromatic carbocycles. The highest BCUT2D eigenvalue weighted by atomic mass is 35.5. The van der Waals surface area contributed by atoms with Crippen molar-refractivity contribution >= 4 is 37.2 Å². The Kier molecular flexibility index (Phi) is 13.1. The first-order valence-corrected chi connectivity index (χ1v) is 6.17. The van der Waals surface area contributed by atoms with E-state index >= 15 is 0 Å². The molecule has 6 heteroatoms. The quantitative estimate of drug-likeness (QED) is 0.924. The molecule has 2 heterocycles. The highest BCUT2D eigenvalue weighted by Gasteiger charge is 2.16. The van der Waals surface area contributed by atoms with E-state index in [0.29, 0.717) is 6.04 Å². The van der Waals surface area contributed by atoms with Crippen LogP contribution >= 0.6 is 37.2 Å². The maximum atomic E-state index is 4.38. The van der Waals surface area contributed by atoms with Crippen molar-refractivity contribution in [2.45, 2.75) is 31.8 Å². The number of nitrogens with zero attached hydrogens (tertiary/aromatic N) is 2. The number of hydrogen-bond donors (Lipinski definition) is 1. The van der Waals surface area contributed by atoms with Crippen molar-refractivity contribution < 1.29 is 0 Å². The summed E-state index contributed by atoms with van der Waals surface area (Å²) in [5.41, 5.74) is 1.17. The molecule has 1 N–H and O–H groups in total.